The summed E-state index contributed by atoms with van der Waals surface area (Å²) in [6.07, 6.45) is 5.48. The standard InChI is InChI=1S/C17H31NO3/c1-4-21-15(19)14-5-7-17(20,8-6-14)12-18-11-16(9-10-16)13(2)3/h13-14,18,20H,4-12H2,1-3H3. The van der Waals surface area contributed by atoms with E-state index < -0.39 is 5.60 Å². The van der Waals surface area contributed by atoms with Crippen molar-refractivity contribution in [3.63, 3.8) is 0 Å². The molecule has 4 heteroatoms. The molecule has 0 aromatic rings. The van der Waals surface area contributed by atoms with Gasteiger partial charge in [0.1, 0.15) is 0 Å². The molecule has 0 radical (unpaired) electrons. The summed E-state index contributed by atoms with van der Waals surface area (Å²) in [6, 6.07) is 0. The normalized spacial score (nSPS) is 31.2. The highest BCUT2D eigenvalue weighted by Gasteiger charge is 2.45. The molecule has 0 heterocycles. The van der Waals surface area contributed by atoms with Crippen molar-refractivity contribution in [3.8, 4) is 0 Å². The van der Waals surface area contributed by atoms with Crippen LogP contribution in [0.4, 0.5) is 0 Å². The number of rotatable bonds is 7. The first kappa shape index (κ1) is 16.8. The number of nitrogens with one attached hydrogen (secondary N) is 1. The largest absolute Gasteiger partial charge is 0.466 e. The number of esters is 1. The summed E-state index contributed by atoms with van der Waals surface area (Å²) >= 11 is 0. The fourth-order valence-corrected chi connectivity index (χ4v) is 3.49. The lowest BCUT2D eigenvalue weighted by Crippen LogP contribution is -2.46. The van der Waals surface area contributed by atoms with Gasteiger partial charge >= 0.3 is 5.97 Å². The van der Waals surface area contributed by atoms with Crippen molar-refractivity contribution >= 4 is 5.97 Å². The number of hydrogen-bond donors (Lipinski definition) is 2. The van der Waals surface area contributed by atoms with E-state index >= 15 is 0 Å². The van der Waals surface area contributed by atoms with E-state index in [0.717, 1.165) is 19.4 Å². The average Bonchev–Trinajstić information content (AvgIpc) is 3.21. The van der Waals surface area contributed by atoms with Crippen LogP contribution in [0.3, 0.4) is 0 Å². The maximum Gasteiger partial charge on any atom is 0.308 e. The number of ether oxygens (including phenoxy) is 1. The van der Waals surface area contributed by atoms with Crippen LogP contribution >= 0.6 is 0 Å². The molecule has 0 unspecified atom stereocenters. The highest BCUT2D eigenvalue weighted by molar-refractivity contribution is 5.72. The second-order valence-corrected chi connectivity index (χ2v) is 7.37. The highest BCUT2D eigenvalue weighted by Crippen LogP contribution is 2.51. The molecule has 0 atom stereocenters. The smallest absolute Gasteiger partial charge is 0.308 e. The first-order valence-electron chi connectivity index (χ1n) is 8.50. The van der Waals surface area contributed by atoms with E-state index in [2.05, 4.69) is 19.2 Å². The molecule has 122 valence electrons. The quantitative estimate of drug-likeness (QED) is 0.709. The Morgan fingerprint density at radius 3 is 2.33 bits per heavy atom. The van der Waals surface area contributed by atoms with Gasteiger partial charge in [-0.15, -0.1) is 0 Å². The van der Waals surface area contributed by atoms with Gasteiger partial charge in [0, 0.05) is 13.1 Å². The highest BCUT2D eigenvalue weighted by atomic mass is 16.5. The molecule has 0 amide bonds. The zero-order valence-corrected chi connectivity index (χ0v) is 13.8. The first-order valence-corrected chi connectivity index (χ1v) is 8.50. The molecule has 0 aromatic heterocycles. The predicted molar refractivity (Wildman–Crippen MR) is 82.9 cm³/mol. The molecule has 21 heavy (non-hydrogen) atoms. The number of hydrogen-bond acceptors (Lipinski definition) is 4. The van der Waals surface area contributed by atoms with Gasteiger partial charge in [-0.2, -0.15) is 0 Å². The van der Waals surface area contributed by atoms with Crippen molar-refractivity contribution in [2.24, 2.45) is 17.3 Å². The van der Waals surface area contributed by atoms with Gasteiger partial charge in [0.05, 0.1) is 18.1 Å². The van der Waals surface area contributed by atoms with Crippen molar-refractivity contribution in [3.05, 3.63) is 0 Å². The summed E-state index contributed by atoms with van der Waals surface area (Å²) < 4.78 is 5.07. The third-order valence-electron chi connectivity index (χ3n) is 5.58. The minimum absolute atomic E-state index is 0.0179. The summed E-state index contributed by atoms with van der Waals surface area (Å²) in [5.74, 6) is 0.596. The zero-order valence-electron chi connectivity index (χ0n) is 13.8. The second kappa shape index (κ2) is 6.66. The molecule has 2 N–H and O–H groups in total. The van der Waals surface area contributed by atoms with E-state index in [-0.39, 0.29) is 11.9 Å². The Hall–Kier alpha value is -0.610. The van der Waals surface area contributed by atoms with Gasteiger partial charge in [-0.05, 0) is 56.8 Å². The molecule has 4 nitrogen and oxygen atoms in total. The third kappa shape index (κ3) is 4.19. The maximum absolute atomic E-state index is 11.7. The van der Waals surface area contributed by atoms with Crippen LogP contribution in [-0.2, 0) is 9.53 Å². The summed E-state index contributed by atoms with van der Waals surface area (Å²) in [7, 11) is 0. The molecule has 0 spiro atoms. The second-order valence-electron chi connectivity index (χ2n) is 7.37. The van der Waals surface area contributed by atoms with E-state index in [1.807, 2.05) is 6.92 Å². The van der Waals surface area contributed by atoms with Crippen LogP contribution in [0.25, 0.3) is 0 Å². The SMILES string of the molecule is CCOC(=O)C1CCC(O)(CNCC2(C(C)C)CC2)CC1. The Bertz CT molecular complexity index is 355. The fourth-order valence-electron chi connectivity index (χ4n) is 3.49. The van der Waals surface area contributed by atoms with Crippen LogP contribution in [0, 0.1) is 17.3 Å². The van der Waals surface area contributed by atoms with Crippen LogP contribution in [0.1, 0.15) is 59.3 Å². The van der Waals surface area contributed by atoms with Crippen molar-refractivity contribution in [1.82, 2.24) is 5.32 Å². The van der Waals surface area contributed by atoms with Gasteiger partial charge in [0.15, 0.2) is 0 Å². The van der Waals surface area contributed by atoms with Crippen molar-refractivity contribution in [2.75, 3.05) is 19.7 Å². The molecule has 2 aliphatic carbocycles. The van der Waals surface area contributed by atoms with E-state index in [0.29, 0.717) is 37.3 Å². The van der Waals surface area contributed by atoms with E-state index in [9.17, 15) is 9.90 Å². The van der Waals surface area contributed by atoms with Crippen molar-refractivity contribution in [1.29, 1.82) is 0 Å². The summed E-state index contributed by atoms with van der Waals surface area (Å²) in [6.45, 7) is 8.51. The minimum Gasteiger partial charge on any atom is -0.466 e. The molecular formula is C17H31NO3. The van der Waals surface area contributed by atoms with Crippen LogP contribution in [-0.4, -0.2) is 36.4 Å². The Balaban J connectivity index is 1.71. The number of aliphatic hydroxyl groups is 1. The fraction of sp³-hybridized carbons (Fsp3) is 0.941. The summed E-state index contributed by atoms with van der Waals surface area (Å²) in [5.41, 5.74) is -0.172. The van der Waals surface area contributed by atoms with Crippen LogP contribution in [0.2, 0.25) is 0 Å². The van der Waals surface area contributed by atoms with Crippen LogP contribution < -0.4 is 5.32 Å². The van der Waals surface area contributed by atoms with Crippen molar-refractivity contribution < 1.29 is 14.6 Å². The maximum atomic E-state index is 11.7. The van der Waals surface area contributed by atoms with Gasteiger partial charge < -0.3 is 15.2 Å². The molecule has 2 aliphatic rings. The van der Waals surface area contributed by atoms with E-state index in [4.69, 9.17) is 4.74 Å². The Kier molecular flexibility index (Phi) is 5.31. The topological polar surface area (TPSA) is 58.6 Å². The van der Waals surface area contributed by atoms with Crippen LogP contribution in [0.5, 0.6) is 0 Å². The average molecular weight is 297 g/mol. The Morgan fingerprint density at radius 2 is 1.86 bits per heavy atom. The molecule has 0 saturated heterocycles. The van der Waals surface area contributed by atoms with Gasteiger partial charge in [-0.3, -0.25) is 4.79 Å². The molecule has 0 aromatic carbocycles. The van der Waals surface area contributed by atoms with E-state index in [1.165, 1.54) is 12.8 Å². The van der Waals surface area contributed by atoms with E-state index in [1.54, 1.807) is 0 Å². The zero-order chi connectivity index (χ0) is 15.5. The Labute approximate surface area is 128 Å². The number of carbonyl (C=O) groups is 1. The summed E-state index contributed by atoms with van der Waals surface area (Å²) in [5, 5.41) is 14.1. The minimum atomic E-state index is -0.643. The molecular weight excluding hydrogens is 266 g/mol. The van der Waals surface area contributed by atoms with Crippen molar-refractivity contribution in [2.45, 2.75) is 64.9 Å². The lowest BCUT2D eigenvalue weighted by atomic mass is 9.78. The lowest BCUT2D eigenvalue weighted by molar-refractivity contribution is -0.151. The predicted octanol–water partition coefficient (Wildman–Crippen LogP) is 2.50. The van der Waals surface area contributed by atoms with Gasteiger partial charge in [0.25, 0.3) is 0 Å². The first-order chi connectivity index (χ1) is 9.91. The molecule has 0 bridgehead atoms. The third-order valence-corrected chi connectivity index (χ3v) is 5.58. The molecule has 2 rings (SSSR count). The van der Waals surface area contributed by atoms with Crippen LogP contribution in [0.15, 0.2) is 0 Å². The molecule has 0 aliphatic heterocycles. The van der Waals surface area contributed by atoms with Gasteiger partial charge in [-0.25, -0.2) is 0 Å². The lowest BCUT2D eigenvalue weighted by Gasteiger charge is -2.36. The Morgan fingerprint density at radius 1 is 1.24 bits per heavy atom. The number of carbonyl (C=O) groups excluding carboxylic acids is 1. The monoisotopic (exact) mass is 297 g/mol. The van der Waals surface area contributed by atoms with Gasteiger partial charge in [0.2, 0.25) is 0 Å². The molecule has 2 fully saturated rings. The van der Waals surface area contributed by atoms with Gasteiger partial charge in [-0.1, -0.05) is 13.8 Å². The molecule has 2 saturated carbocycles. The summed E-state index contributed by atoms with van der Waals surface area (Å²) in [4.78, 5) is 11.7.